The van der Waals surface area contributed by atoms with Gasteiger partial charge in [-0.2, -0.15) is 0 Å². The number of carboxylic acid groups (broad SMARTS) is 1. The summed E-state index contributed by atoms with van der Waals surface area (Å²) in [6.07, 6.45) is 1.78. The van der Waals surface area contributed by atoms with Gasteiger partial charge >= 0.3 is 5.97 Å². The molecule has 1 aliphatic heterocycles. The molecule has 6 nitrogen and oxygen atoms in total. The van der Waals surface area contributed by atoms with E-state index in [1.807, 2.05) is 72.8 Å². The van der Waals surface area contributed by atoms with Crippen LogP contribution in [0.1, 0.15) is 29.5 Å². The number of carboxylic acids is 1. The van der Waals surface area contributed by atoms with Crippen LogP contribution in [0.4, 0.5) is 5.69 Å². The molecule has 3 aromatic carbocycles. The van der Waals surface area contributed by atoms with E-state index in [1.165, 1.54) is 5.56 Å². The average molecular weight is 442 g/mol. The Morgan fingerprint density at radius 2 is 1.61 bits per heavy atom. The fraction of sp³-hybridized carbons (Fsp3) is 0.222. The number of rotatable bonds is 8. The monoisotopic (exact) mass is 441 g/mol. The third kappa shape index (κ3) is 5.73. The summed E-state index contributed by atoms with van der Waals surface area (Å²) in [6, 6.07) is 26.8. The minimum Gasteiger partial charge on any atom is -0.480 e. The molecule has 1 saturated heterocycles. The second-order valence-electron chi connectivity index (χ2n) is 8.07. The number of carbonyl (C=O) groups excluding carboxylic acids is 1. The Hall–Kier alpha value is -3.77. The SMILES string of the molecule is O=C(O)CN=C(c1ccccc1)c1ccccc1NC(=O)C1CCCN1Cc1ccccc1. The van der Waals surface area contributed by atoms with Crippen LogP contribution in [0.2, 0.25) is 0 Å². The summed E-state index contributed by atoms with van der Waals surface area (Å²) >= 11 is 0. The first-order valence-corrected chi connectivity index (χ1v) is 11.1. The number of benzene rings is 3. The summed E-state index contributed by atoms with van der Waals surface area (Å²) in [6.45, 7) is 1.26. The lowest BCUT2D eigenvalue weighted by Gasteiger charge is -2.24. The molecule has 3 aromatic rings. The topological polar surface area (TPSA) is 82.0 Å². The lowest BCUT2D eigenvalue weighted by atomic mass is 10.00. The molecule has 0 bridgehead atoms. The van der Waals surface area contributed by atoms with Gasteiger partial charge in [0.15, 0.2) is 0 Å². The minimum absolute atomic E-state index is 0.0541. The molecule has 4 rings (SSSR count). The fourth-order valence-electron chi connectivity index (χ4n) is 4.22. The summed E-state index contributed by atoms with van der Waals surface area (Å²) in [5.41, 5.74) is 3.85. The zero-order chi connectivity index (χ0) is 23.0. The normalized spacial score (nSPS) is 16.5. The van der Waals surface area contributed by atoms with Crippen LogP contribution in [-0.4, -0.2) is 46.7 Å². The van der Waals surface area contributed by atoms with Crippen LogP contribution in [0.25, 0.3) is 0 Å². The predicted molar refractivity (Wildman–Crippen MR) is 130 cm³/mol. The molecule has 1 aliphatic rings. The Labute approximate surface area is 193 Å². The third-order valence-electron chi connectivity index (χ3n) is 5.75. The lowest BCUT2D eigenvalue weighted by Crippen LogP contribution is -2.39. The van der Waals surface area contributed by atoms with Gasteiger partial charge in [0.25, 0.3) is 0 Å². The van der Waals surface area contributed by atoms with Crippen molar-refractivity contribution in [1.82, 2.24) is 4.90 Å². The van der Waals surface area contributed by atoms with Gasteiger partial charge in [0.1, 0.15) is 6.54 Å². The molecule has 33 heavy (non-hydrogen) atoms. The third-order valence-corrected chi connectivity index (χ3v) is 5.75. The van der Waals surface area contributed by atoms with Gasteiger partial charge in [-0.25, -0.2) is 0 Å². The number of carbonyl (C=O) groups is 2. The summed E-state index contributed by atoms with van der Waals surface area (Å²) in [4.78, 5) is 31.1. The van der Waals surface area contributed by atoms with Crippen molar-refractivity contribution in [2.24, 2.45) is 4.99 Å². The summed E-state index contributed by atoms with van der Waals surface area (Å²) in [5.74, 6) is -1.06. The van der Waals surface area contributed by atoms with Gasteiger partial charge in [0, 0.05) is 17.7 Å². The van der Waals surface area contributed by atoms with E-state index in [0.717, 1.165) is 31.5 Å². The number of para-hydroxylation sites is 1. The van der Waals surface area contributed by atoms with Crippen molar-refractivity contribution in [3.8, 4) is 0 Å². The Balaban J connectivity index is 1.58. The first-order chi connectivity index (χ1) is 16.1. The Kier molecular flexibility index (Phi) is 7.27. The molecule has 1 heterocycles. The summed E-state index contributed by atoms with van der Waals surface area (Å²) in [7, 11) is 0. The number of nitrogens with zero attached hydrogens (tertiary/aromatic N) is 2. The van der Waals surface area contributed by atoms with Crippen molar-refractivity contribution >= 4 is 23.3 Å². The van der Waals surface area contributed by atoms with Crippen molar-refractivity contribution in [3.63, 3.8) is 0 Å². The van der Waals surface area contributed by atoms with Crippen LogP contribution >= 0.6 is 0 Å². The van der Waals surface area contributed by atoms with E-state index in [1.54, 1.807) is 0 Å². The molecular weight excluding hydrogens is 414 g/mol. The molecule has 0 aliphatic carbocycles. The summed E-state index contributed by atoms with van der Waals surface area (Å²) in [5, 5.41) is 12.3. The fourth-order valence-corrected chi connectivity index (χ4v) is 4.22. The molecule has 1 fully saturated rings. The van der Waals surface area contributed by atoms with Crippen LogP contribution in [0, 0.1) is 0 Å². The number of aliphatic imine (C=N–C) groups is 1. The van der Waals surface area contributed by atoms with E-state index in [4.69, 9.17) is 0 Å². The van der Waals surface area contributed by atoms with Gasteiger partial charge in [0.2, 0.25) is 5.91 Å². The highest BCUT2D eigenvalue weighted by molar-refractivity contribution is 6.17. The highest BCUT2D eigenvalue weighted by Gasteiger charge is 2.31. The number of amides is 1. The van der Waals surface area contributed by atoms with Crippen LogP contribution in [0.5, 0.6) is 0 Å². The van der Waals surface area contributed by atoms with E-state index >= 15 is 0 Å². The standard InChI is InChI=1S/C27H27N3O3/c31-25(32)18-28-26(21-12-5-2-6-13-21)22-14-7-8-15-23(22)29-27(33)24-16-9-17-30(24)19-20-10-3-1-4-11-20/h1-8,10-15,24H,9,16-19H2,(H,29,33)(H,31,32). The van der Waals surface area contributed by atoms with Crippen molar-refractivity contribution in [2.75, 3.05) is 18.4 Å². The second kappa shape index (κ2) is 10.7. The van der Waals surface area contributed by atoms with Crippen LogP contribution in [0.15, 0.2) is 89.9 Å². The zero-order valence-corrected chi connectivity index (χ0v) is 18.4. The first-order valence-electron chi connectivity index (χ1n) is 11.1. The smallest absolute Gasteiger partial charge is 0.325 e. The van der Waals surface area contributed by atoms with E-state index < -0.39 is 5.97 Å². The number of anilines is 1. The summed E-state index contributed by atoms with van der Waals surface area (Å²) < 4.78 is 0. The van der Waals surface area contributed by atoms with Crippen molar-refractivity contribution in [3.05, 3.63) is 102 Å². The minimum atomic E-state index is -1.01. The molecular formula is C27H27N3O3. The molecule has 0 spiro atoms. The van der Waals surface area contributed by atoms with Gasteiger partial charge < -0.3 is 10.4 Å². The lowest BCUT2D eigenvalue weighted by molar-refractivity contribution is -0.135. The number of hydrogen-bond donors (Lipinski definition) is 2. The molecule has 2 N–H and O–H groups in total. The Morgan fingerprint density at radius 3 is 2.33 bits per heavy atom. The quantitative estimate of drug-likeness (QED) is 0.513. The van der Waals surface area contributed by atoms with E-state index in [-0.39, 0.29) is 18.5 Å². The molecule has 1 atom stereocenters. The van der Waals surface area contributed by atoms with E-state index in [2.05, 4.69) is 27.3 Å². The van der Waals surface area contributed by atoms with Gasteiger partial charge in [-0.3, -0.25) is 19.5 Å². The molecule has 6 heteroatoms. The molecule has 0 radical (unpaired) electrons. The molecule has 168 valence electrons. The maximum absolute atomic E-state index is 13.3. The molecule has 1 amide bonds. The average Bonchev–Trinajstić information content (AvgIpc) is 3.29. The maximum atomic E-state index is 13.3. The van der Waals surface area contributed by atoms with Gasteiger partial charge in [-0.1, -0.05) is 78.9 Å². The van der Waals surface area contributed by atoms with Crippen LogP contribution in [0.3, 0.4) is 0 Å². The van der Waals surface area contributed by atoms with Crippen molar-refractivity contribution in [2.45, 2.75) is 25.4 Å². The number of hydrogen-bond acceptors (Lipinski definition) is 4. The number of likely N-dealkylation sites (tertiary alicyclic amines) is 1. The predicted octanol–water partition coefficient (Wildman–Crippen LogP) is 4.21. The molecule has 0 aromatic heterocycles. The van der Waals surface area contributed by atoms with Crippen LogP contribution < -0.4 is 5.32 Å². The first kappa shape index (κ1) is 22.4. The molecule has 0 saturated carbocycles. The van der Waals surface area contributed by atoms with Gasteiger partial charge in [0.05, 0.1) is 17.4 Å². The van der Waals surface area contributed by atoms with Crippen molar-refractivity contribution < 1.29 is 14.7 Å². The van der Waals surface area contributed by atoms with E-state index in [9.17, 15) is 14.7 Å². The van der Waals surface area contributed by atoms with Gasteiger partial charge in [-0.15, -0.1) is 0 Å². The Bertz CT molecular complexity index is 1130. The second-order valence-corrected chi connectivity index (χ2v) is 8.07. The Morgan fingerprint density at radius 1 is 0.939 bits per heavy atom. The van der Waals surface area contributed by atoms with Gasteiger partial charge in [-0.05, 0) is 31.0 Å². The maximum Gasteiger partial charge on any atom is 0.325 e. The highest BCUT2D eigenvalue weighted by atomic mass is 16.4. The molecule has 1 unspecified atom stereocenters. The van der Waals surface area contributed by atoms with Crippen LogP contribution in [-0.2, 0) is 16.1 Å². The van der Waals surface area contributed by atoms with E-state index in [0.29, 0.717) is 17.0 Å². The zero-order valence-electron chi connectivity index (χ0n) is 18.4. The van der Waals surface area contributed by atoms with Crippen molar-refractivity contribution in [1.29, 1.82) is 0 Å². The number of aliphatic carboxylic acids is 1. The highest BCUT2D eigenvalue weighted by Crippen LogP contribution is 2.24. The largest absolute Gasteiger partial charge is 0.480 e. The number of nitrogens with one attached hydrogen (secondary N) is 1.